The van der Waals surface area contributed by atoms with Crippen molar-refractivity contribution in [3.8, 4) is 11.8 Å². The molecule has 0 unspecified atom stereocenters. The molecule has 0 bridgehead atoms. The summed E-state index contributed by atoms with van der Waals surface area (Å²) in [4.78, 5) is 0. The van der Waals surface area contributed by atoms with E-state index in [1.807, 2.05) is 14.0 Å². The van der Waals surface area contributed by atoms with E-state index in [-0.39, 0.29) is 0 Å². The van der Waals surface area contributed by atoms with Gasteiger partial charge in [-0.05, 0) is 6.92 Å². The second kappa shape index (κ2) is 3.45. The molecule has 0 saturated heterocycles. The molecule has 1 heterocycles. The Morgan fingerprint density at radius 3 is 2.91 bits per heavy atom. The van der Waals surface area contributed by atoms with Crippen molar-refractivity contribution in [2.45, 2.75) is 6.92 Å². The first-order valence-electron chi connectivity index (χ1n) is 3.29. The zero-order chi connectivity index (χ0) is 8.27. The van der Waals surface area contributed by atoms with Crippen molar-refractivity contribution in [1.29, 1.82) is 0 Å². The average Bonchev–Trinajstić information content (AvgIpc) is 2.31. The largest absolute Gasteiger partial charge is 0.272 e. The van der Waals surface area contributed by atoms with Crippen LogP contribution in [0.15, 0.2) is 6.20 Å². The SMILES string of the molecule is Cc1c(C#CCCl)cnn1C. The molecule has 2 nitrogen and oxygen atoms in total. The molecule has 0 aliphatic rings. The molecule has 0 aliphatic carbocycles. The van der Waals surface area contributed by atoms with Gasteiger partial charge in [-0.3, -0.25) is 4.68 Å². The van der Waals surface area contributed by atoms with Gasteiger partial charge in [0, 0.05) is 7.05 Å². The summed E-state index contributed by atoms with van der Waals surface area (Å²) >= 11 is 5.41. The zero-order valence-electron chi connectivity index (χ0n) is 6.56. The minimum Gasteiger partial charge on any atom is -0.272 e. The smallest absolute Gasteiger partial charge is 0.0839 e. The van der Waals surface area contributed by atoms with Crippen molar-refractivity contribution < 1.29 is 0 Å². The first-order valence-corrected chi connectivity index (χ1v) is 3.82. The Morgan fingerprint density at radius 1 is 1.73 bits per heavy atom. The lowest BCUT2D eigenvalue weighted by Gasteiger charge is -1.90. The Kier molecular flexibility index (Phi) is 2.56. The molecule has 0 saturated carbocycles. The summed E-state index contributed by atoms with van der Waals surface area (Å²) in [6, 6.07) is 0. The molecule has 0 radical (unpaired) electrons. The molecule has 0 amide bonds. The molecule has 0 atom stereocenters. The maximum Gasteiger partial charge on any atom is 0.0839 e. The van der Waals surface area contributed by atoms with Gasteiger partial charge in [0.15, 0.2) is 0 Å². The minimum absolute atomic E-state index is 0.369. The highest BCUT2D eigenvalue weighted by molar-refractivity contribution is 6.19. The van der Waals surface area contributed by atoms with Crippen LogP contribution < -0.4 is 0 Å². The summed E-state index contributed by atoms with van der Waals surface area (Å²) in [5, 5.41) is 4.04. The molecule has 11 heavy (non-hydrogen) atoms. The number of hydrogen-bond donors (Lipinski definition) is 0. The van der Waals surface area contributed by atoms with Gasteiger partial charge in [0.25, 0.3) is 0 Å². The quantitative estimate of drug-likeness (QED) is 0.422. The molecule has 0 aliphatic heterocycles. The topological polar surface area (TPSA) is 17.8 Å². The van der Waals surface area contributed by atoms with Crippen LogP contribution in [0.5, 0.6) is 0 Å². The fourth-order valence-electron chi connectivity index (χ4n) is 0.750. The minimum atomic E-state index is 0.369. The number of nitrogens with zero attached hydrogens (tertiary/aromatic N) is 2. The number of rotatable bonds is 0. The van der Waals surface area contributed by atoms with E-state index in [0.29, 0.717) is 5.88 Å². The maximum atomic E-state index is 5.41. The van der Waals surface area contributed by atoms with Crippen LogP contribution in [-0.2, 0) is 7.05 Å². The third-order valence-corrected chi connectivity index (χ3v) is 1.66. The number of aromatic nitrogens is 2. The highest BCUT2D eigenvalue weighted by Gasteiger charge is 1.97. The summed E-state index contributed by atoms with van der Waals surface area (Å²) in [5.41, 5.74) is 2.02. The van der Waals surface area contributed by atoms with Gasteiger partial charge in [-0.15, -0.1) is 11.6 Å². The molecule has 0 aromatic carbocycles. The summed E-state index contributed by atoms with van der Waals surface area (Å²) in [5.74, 6) is 6.07. The standard InChI is InChI=1S/C8H9ClN2/c1-7-8(4-3-5-9)6-10-11(7)2/h6H,5H2,1-2H3. The molecule has 0 spiro atoms. The predicted molar refractivity (Wildman–Crippen MR) is 45.5 cm³/mol. The van der Waals surface area contributed by atoms with Crippen LogP contribution in [0.3, 0.4) is 0 Å². The van der Waals surface area contributed by atoms with Gasteiger partial charge < -0.3 is 0 Å². The van der Waals surface area contributed by atoms with E-state index in [2.05, 4.69) is 16.9 Å². The number of alkyl halides is 1. The maximum absolute atomic E-state index is 5.41. The van der Waals surface area contributed by atoms with Crippen molar-refractivity contribution in [2.75, 3.05) is 5.88 Å². The Bertz CT molecular complexity index is 304. The van der Waals surface area contributed by atoms with E-state index in [4.69, 9.17) is 11.6 Å². The van der Waals surface area contributed by atoms with Gasteiger partial charge in [-0.2, -0.15) is 5.10 Å². The Labute approximate surface area is 71.2 Å². The molecule has 1 rings (SSSR count). The average molecular weight is 169 g/mol. The third kappa shape index (κ3) is 1.75. The first-order chi connectivity index (χ1) is 5.25. The fraction of sp³-hybridized carbons (Fsp3) is 0.375. The molecule has 1 aromatic rings. The van der Waals surface area contributed by atoms with Gasteiger partial charge in [0.1, 0.15) is 0 Å². The van der Waals surface area contributed by atoms with Gasteiger partial charge in [0.2, 0.25) is 0 Å². The van der Waals surface area contributed by atoms with E-state index >= 15 is 0 Å². The Balaban J connectivity index is 2.96. The van der Waals surface area contributed by atoms with Crippen LogP contribution in [0.4, 0.5) is 0 Å². The number of halogens is 1. The lowest BCUT2D eigenvalue weighted by molar-refractivity contribution is 0.740. The van der Waals surface area contributed by atoms with Crippen molar-refractivity contribution in [1.82, 2.24) is 9.78 Å². The summed E-state index contributed by atoms with van der Waals surface area (Å²) in [7, 11) is 1.89. The lowest BCUT2D eigenvalue weighted by atomic mass is 10.3. The van der Waals surface area contributed by atoms with E-state index < -0.39 is 0 Å². The molecule has 0 N–H and O–H groups in total. The number of aryl methyl sites for hydroxylation is 1. The van der Waals surface area contributed by atoms with E-state index in [0.717, 1.165) is 11.3 Å². The first kappa shape index (κ1) is 8.16. The lowest BCUT2D eigenvalue weighted by Crippen LogP contribution is -1.92. The molecular formula is C8H9ClN2. The van der Waals surface area contributed by atoms with E-state index in [1.54, 1.807) is 10.9 Å². The van der Waals surface area contributed by atoms with Crippen LogP contribution >= 0.6 is 11.6 Å². The zero-order valence-corrected chi connectivity index (χ0v) is 7.31. The highest BCUT2D eigenvalue weighted by atomic mass is 35.5. The normalized spacial score (nSPS) is 9.00. The third-order valence-electron chi connectivity index (χ3n) is 1.53. The molecule has 0 fully saturated rings. The molecular weight excluding hydrogens is 160 g/mol. The highest BCUT2D eigenvalue weighted by Crippen LogP contribution is 2.02. The van der Waals surface area contributed by atoms with Crippen LogP contribution in [0.25, 0.3) is 0 Å². The van der Waals surface area contributed by atoms with Gasteiger partial charge in [-0.25, -0.2) is 0 Å². The van der Waals surface area contributed by atoms with E-state index in [9.17, 15) is 0 Å². The van der Waals surface area contributed by atoms with Crippen LogP contribution in [-0.4, -0.2) is 15.7 Å². The second-order valence-electron chi connectivity index (χ2n) is 2.20. The van der Waals surface area contributed by atoms with Crippen molar-refractivity contribution in [3.63, 3.8) is 0 Å². The van der Waals surface area contributed by atoms with Crippen molar-refractivity contribution in [2.24, 2.45) is 7.05 Å². The fourth-order valence-corrected chi connectivity index (χ4v) is 0.817. The van der Waals surface area contributed by atoms with Crippen molar-refractivity contribution in [3.05, 3.63) is 17.5 Å². The second-order valence-corrected chi connectivity index (χ2v) is 2.47. The van der Waals surface area contributed by atoms with Gasteiger partial charge in [0.05, 0.1) is 23.3 Å². The molecule has 58 valence electrons. The summed E-state index contributed by atoms with van der Waals surface area (Å²) in [6.45, 7) is 1.98. The van der Waals surface area contributed by atoms with E-state index in [1.165, 1.54) is 0 Å². The van der Waals surface area contributed by atoms with Gasteiger partial charge in [-0.1, -0.05) is 11.8 Å². The van der Waals surface area contributed by atoms with Crippen LogP contribution in [0, 0.1) is 18.8 Å². The van der Waals surface area contributed by atoms with Crippen LogP contribution in [0.2, 0.25) is 0 Å². The predicted octanol–water partition coefficient (Wildman–Crippen LogP) is 1.32. The van der Waals surface area contributed by atoms with Crippen molar-refractivity contribution >= 4 is 11.6 Å². The van der Waals surface area contributed by atoms with Gasteiger partial charge >= 0.3 is 0 Å². The van der Waals surface area contributed by atoms with Crippen LogP contribution in [0.1, 0.15) is 11.3 Å². The Hall–Kier alpha value is -0.940. The molecule has 3 heteroatoms. The number of hydrogen-bond acceptors (Lipinski definition) is 1. The summed E-state index contributed by atoms with van der Waals surface area (Å²) in [6.07, 6.45) is 1.74. The Morgan fingerprint density at radius 2 is 2.45 bits per heavy atom. The summed E-state index contributed by atoms with van der Waals surface area (Å²) < 4.78 is 1.79. The monoisotopic (exact) mass is 168 g/mol. The molecule has 1 aromatic heterocycles.